The number of rotatable bonds is 10. The van der Waals surface area contributed by atoms with E-state index in [0.29, 0.717) is 0 Å². The first-order chi connectivity index (χ1) is 7.38. The van der Waals surface area contributed by atoms with Crippen LogP contribution in [0.3, 0.4) is 0 Å². The third-order valence-electron chi connectivity index (χ3n) is 3.00. The molecule has 15 heavy (non-hydrogen) atoms. The van der Waals surface area contributed by atoms with Gasteiger partial charge in [0.1, 0.15) is 0 Å². The zero-order valence-electron chi connectivity index (χ0n) is 9.67. The van der Waals surface area contributed by atoms with Crippen LogP contribution < -0.4 is 22.1 Å². The van der Waals surface area contributed by atoms with E-state index in [9.17, 15) is 0 Å². The molecule has 4 nitrogen and oxygen atoms in total. The minimum absolute atomic E-state index is 0.793. The zero-order valence-corrected chi connectivity index (χ0v) is 9.67. The van der Waals surface area contributed by atoms with Gasteiger partial charge in [-0.25, -0.2) is 0 Å². The first kappa shape index (κ1) is 12.9. The van der Waals surface area contributed by atoms with Crippen LogP contribution in [0.1, 0.15) is 19.3 Å². The fraction of sp³-hybridized carbons (Fsp3) is 1.00. The van der Waals surface area contributed by atoms with Crippen LogP contribution in [-0.4, -0.2) is 39.3 Å². The van der Waals surface area contributed by atoms with Gasteiger partial charge >= 0.3 is 0 Å². The van der Waals surface area contributed by atoms with Gasteiger partial charge in [0.25, 0.3) is 0 Å². The molecule has 0 heterocycles. The standard InChI is InChI=1S/C11H26N4/c12-3-1-5-14-8-10-7-11(10)9-15-6-2-4-13/h10-11,14-15H,1-9,12-13H2/t10-,11?/m1/s1. The fourth-order valence-electron chi connectivity index (χ4n) is 1.84. The van der Waals surface area contributed by atoms with Crippen LogP contribution >= 0.6 is 0 Å². The van der Waals surface area contributed by atoms with Crippen molar-refractivity contribution in [3.05, 3.63) is 0 Å². The second-order valence-corrected chi connectivity index (χ2v) is 4.45. The molecule has 1 unspecified atom stereocenters. The van der Waals surface area contributed by atoms with Gasteiger partial charge in [0.05, 0.1) is 0 Å². The molecular formula is C11H26N4. The Bertz CT molecular complexity index is 136. The van der Waals surface area contributed by atoms with E-state index in [1.165, 1.54) is 19.5 Å². The van der Waals surface area contributed by atoms with Crippen LogP contribution in [0.15, 0.2) is 0 Å². The molecule has 0 bridgehead atoms. The smallest absolute Gasteiger partial charge is 0.00173 e. The van der Waals surface area contributed by atoms with Crippen LogP contribution in [-0.2, 0) is 0 Å². The minimum Gasteiger partial charge on any atom is -0.330 e. The SMILES string of the molecule is NCCCNCC1C[C@@H]1CNCCCN. The fourth-order valence-corrected chi connectivity index (χ4v) is 1.84. The quantitative estimate of drug-likeness (QED) is 0.370. The Balaban J connectivity index is 1.81. The van der Waals surface area contributed by atoms with Gasteiger partial charge in [0, 0.05) is 0 Å². The number of nitrogens with one attached hydrogen (secondary N) is 2. The third-order valence-corrected chi connectivity index (χ3v) is 3.00. The van der Waals surface area contributed by atoms with Gasteiger partial charge < -0.3 is 22.1 Å². The third kappa shape index (κ3) is 6.10. The lowest BCUT2D eigenvalue weighted by molar-refractivity contribution is 0.551. The summed E-state index contributed by atoms with van der Waals surface area (Å²) < 4.78 is 0. The maximum atomic E-state index is 5.42. The Morgan fingerprint density at radius 1 is 0.867 bits per heavy atom. The second kappa shape index (κ2) is 8.05. The van der Waals surface area contributed by atoms with Crippen LogP contribution in [0, 0.1) is 11.8 Å². The van der Waals surface area contributed by atoms with Crippen molar-refractivity contribution in [1.29, 1.82) is 0 Å². The Morgan fingerprint density at radius 3 is 1.73 bits per heavy atom. The second-order valence-electron chi connectivity index (χ2n) is 4.45. The van der Waals surface area contributed by atoms with Crippen molar-refractivity contribution >= 4 is 0 Å². The highest BCUT2D eigenvalue weighted by Crippen LogP contribution is 2.36. The van der Waals surface area contributed by atoms with Gasteiger partial charge in [-0.15, -0.1) is 0 Å². The molecule has 0 aromatic heterocycles. The molecule has 0 aliphatic heterocycles. The molecule has 0 saturated heterocycles. The molecule has 90 valence electrons. The normalized spacial score (nSPS) is 24.4. The predicted octanol–water partition coefficient (Wildman–Crippen LogP) is -0.501. The lowest BCUT2D eigenvalue weighted by Crippen LogP contribution is -2.24. The molecule has 0 spiro atoms. The molecule has 1 aliphatic rings. The highest BCUT2D eigenvalue weighted by atomic mass is 14.9. The average Bonchev–Trinajstić information content (AvgIpc) is 2.99. The van der Waals surface area contributed by atoms with Crippen molar-refractivity contribution in [1.82, 2.24) is 10.6 Å². The lowest BCUT2D eigenvalue weighted by atomic mass is 10.3. The predicted molar refractivity (Wildman–Crippen MR) is 64.7 cm³/mol. The molecule has 1 fully saturated rings. The minimum atomic E-state index is 0.793. The lowest BCUT2D eigenvalue weighted by Gasteiger charge is -2.04. The summed E-state index contributed by atoms with van der Waals surface area (Å²) in [4.78, 5) is 0. The molecule has 0 radical (unpaired) electrons. The highest BCUT2D eigenvalue weighted by molar-refractivity contribution is 4.89. The van der Waals surface area contributed by atoms with E-state index in [0.717, 1.165) is 50.9 Å². The Kier molecular flexibility index (Phi) is 6.92. The summed E-state index contributed by atoms with van der Waals surface area (Å²) in [7, 11) is 0. The van der Waals surface area contributed by atoms with Crippen molar-refractivity contribution in [2.24, 2.45) is 23.3 Å². The van der Waals surface area contributed by atoms with Gasteiger partial charge in [0.2, 0.25) is 0 Å². The Morgan fingerprint density at radius 2 is 1.33 bits per heavy atom. The van der Waals surface area contributed by atoms with Gasteiger partial charge in [-0.2, -0.15) is 0 Å². The molecule has 1 aliphatic carbocycles. The van der Waals surface area contributed by atoms with Crippen LogP contribution in [0.2, 0.25) is 0 Å². The van der Waals surface area contributed by atoms with Crippen LogP contribution in [0.25, 0.3) is 0 Å². The average molecular weight is 214 g/mol. The summed E-state index contributed by atoms with van der Waals surface area (Å²) >= 11 is 0. The van der Waals surface area contributed by atoms with E-state index >= 15 is 0 Å². The van der Waals surface area contributed by atoms with Gasteiger partial charge in [-0.3, -0.25) is 0 Å². The summed E-state index contributed by atoms with van der Waals surface area (Å²) in [5, 5.41) is 6.90. The van der Waals surface area contributed by atoms with Gasteiger partial charge in [0.15, 0.2) is 0 Å². The summed E-state index contributed by atoms with van der Waals surface area (Å²) in [5.41, 5.74) is 10.8. The van der Waals surface area contributed by atoms with Crippen molar-refractivity contribution in [2.75, 3.05) is 39.3 Å². The molecular weight excluding hydrogens is 188 g/mol. The first-order valence-corrected chi connectivity index (χ1v) is 6.20. The zero-order chi connectivity index (χ0) is 10.9. The summed E-state index contributed by atoms with van der Waals surface area (Å²) in [6, 6.07) is 0. The molecule has 1 saturated carbocycles. The molecule has 6 N–H and O–H groups in total. The number of hydrogen-bond donors (Lipinski definition) is 4. The summed E-state index contributed by atoms with van der Waals surface area (Å²) in [6.45, 7) is 6.07. The first-order valence-electron chi connectivity index (χ1n) is 6.20. The van der Waals surface area contributed by atoms with E-state index in [1.54, 1.807) is 0 Å². The van der Waals surface area contributed by atoms with E-state index < -0.39 is 0 Å². The van der Waals surface area contributed by atoms with Crippen molar-refractivity contribution in [2.45, 2.75) is 19.3 Å². The molecule has 4 heteroatoms. The van der Waals surface area contributed by atoms with E-state index in [-0.39, 0.29) is 0 Å². The number of hydrogen-bond acceptors (Lipinski definition) is 4. The van der Waals surface area contributed by atoms with E-state index in [1.807, 2.05) is 0 Å². The summed E-state index contributed by atoms with van der Waals surface area (Å²) in [5.74, 6) is 1.79. The van der Waals surface area contributed by atoms with Gasteiger partial charge in [-0.1, -0.05) is 0 Å². The van der Waals surface area contributed by atoms with Crippen LogP contribution in [0.5, 0.6) is 0 Å². The molecule has 0 aromatic rings. The Hall–Kier alpha value is -0.160. The Labute approximate surface area is 93.2 Å². The molecule has 0 amide bonds. The highest BCUT2D eigenvalue weighted by Gasteiger charge is 2.35. The van der Waals surface area contributed by atoms with Gasteiger partial charge in [-0.05, 0) is 70.4 Å². The topological polar surface area (TPSA) is 76.1 Å². The van der Waals surface area contributed by atoms with Crippen molar-refractivity contribution in [3.63, 3.8) is 0 Å². The maximum Gasteiger partial charge on any atom is -0.00173 e. The molecule has 1 rings (SSSR count). The maximum absolute atomic E-state index is 5.42. The van der Waals surface area contributed by atoms with E-state index in [2.05, 4.69) is 10.6 Å². The van der Waals surface area contributed by atoms with E-state index in [4.69, 9.17) is 11.5 Å². The largest absolute Gasteiger partial charge is 0.330 e. The number of nitrogens with two attached hydrogens (primary N) is 2. The monoisotopic (exact) mass is 214 g/mol. The summed E-state index contributed by atoms with van der Waals surface area (Å²) in [6.07, 6.45) is 3.56. The van der Waals surface area contributed by atoms with Crippen molar-refractivity contribution in [3.8, 4) is 0 Å². The van der Waals surface area contributed by atoms with Crippen LogP contribution in [0.4, 0.5) is 0 Å². The van der Waals surface area contributed by atoms with Crippen molar-refractivity contribution < 1.29 is 0 Å². The molecule has 2 atom stereocenters. The molecule has 0 aromatic carbocycles.